The molecule has 0 unspecified atom stereocenters. The zero-order valence-corrected chi connectivity index (χ0v) is 8.02. The molecule has 0 heterocycles. The van der Waals surface area contributed by atoms with Crippen molar-refractivity contribution in [2.24, 2.45) is 0 Å². The molecule has 0 aliphatic rings. The fraction of sp³-hybridized carbons (Fsp3) is 1.00. The highest BCUT2D eigenvalue weighted by molar-refractivity contribution is 7.85. The van der Waals surface area contributed by atoms with E-state index in [2.05, 4.69) is 0 Å². The van der Waals surface area contributed by atoms with Crippen LogP contribution in [0.3, 0.4) is 0 Å². The first-order valence-electron chi connectivity index (χ1n) is 3.45. The first-order valence-corrected chi connectivity index (χ1v) is 5.02. The molecule has 0 aliphatic heterocycles. The number of quaternary nitrogens is 1. The molecule has 0 saturated carbocycles. The van der Waals surface area contributed by atoms with Crippen molar-refractivity contribution in [1.82, 2.24) is 0 Å². The molecule has 0 amide bonds. The molecule has 0 atom stereocenters. The zero-order valence-electron chi connectivity index (χ0n) is 7.20. The SMILES string of the molecule is C[N+](C)(C)CCCS(=O)(=O)[O-]. The van der Waals surface area contributed by atoms with E-state index in [0.717, 1.165) is 0 Å². The van der Waals surface area contributed by atoms with Gasteiger partial charge in [-0.2, -0.15) is 0 Å². The predicted octanol–water partition coefficient (Wildman–Crippen LogP) is -0.372. The van der Waals surface area contributed by atoms with Crippen LogP contribution in [0.5, 0.6) is 0 Å². The molecule has 0 radical (unpaired) electrons. The van der Waals surface area contributed by atoms with Gasteiger partial charge in [-0.05, 0) is 0 Å². The van der Waals surface area contributed by atoms with Crippen molar-refractivity contribution in [1.29, 1.82) is 0 Å². The Kier molecular flexibility index (Phi) is 3.47. The Balaban J connectivity index is 3.61. The van der Waals surface area contributed by atoms with Crippen molar-refractivity contribution in [3.05, 3.63) is 0 Å². The number of hydrogen-bond donors (Lipinski definition) is 0. The highest BCUT2D eigenvalue weighted by Gasteiger charge is 2.06. The lowest BCUT2D eigenvalue weighted by molar-refractivity contribution is -0.870. The maximum atomic E-state index is 10.2. The van der Waals surface area contributed by atoms with Crippen LogP contribution in [-0.4, -0.2) is 50.9 Å². The predicted molar refractivity (Wildman–Crippen MR) is 42.1 cm³/mol. The van der Waals surface area contributed by atoms with E-state index in [0.29, 0.717) is 17.4 Å². The monoisotopic (exact) mass is 181 g/mol. The lowest BCUT2D eigenvalue weighted by Crippen LogP contribution is -2.36. The summed E-state index contributed by atoms with van der Waals surface area (Å²) in [7, 11) is 1.86. The first kappa shape index (κ1) is 10.9. The number of rotatable bonds is 4. The summed E-state index contributed by atoms with van der Waals surface area (Å²) < 4.78 is 31.2. The van der Waals surface area contributed by atoms with Crippen LogP contribution in [0.1, 0.15) is 6.42 Å². The molecule has 0 bridgehead atoms. The van der Waals surface area contributed by atoms with Gasteiger partial charge in [0.05, 0.1) is 37.8 Å². The Bertz CT molecular complexity index is 202. The average Bonchev–Trinajstić information content (AvgIpc) is 1.55. The van der Waals surface area contributed by atoms with Gasteiger partial charge in [-0.15, -0.1) is 0 Å². The molecular weight excluding hydrogens is 166 g/mol. The van der Waals surface area contributed by atoms with E-state index >= 15 is 0 Å². The van der Waals surface area contributed by atoms with Crippen LogP contribution in [0.25, 0.3) is 0 Å². The first-order chi connectivity index (χ1) is 4.71. The van der Waals surface area contributed by atoms with E-state index in [1.807, 2.05) is 21.1 Å². The van der Waals surface area contributed by atoms with Crippen LogP contribution in [0, 0.1) is 0 Å². The second-order valence-electron chi connectivity index (χ2n) is 3.63. The average molecular weight is 181 g/mol. The van der Waals surface area contributed by atoms with E-state index in [4.69, 9.17) is 0 Å². The van der Waals surface area contributed by atoms with Gasteiger partial charge in [-0.1, -0.05) is 0 Å². The molecule has 0 aromatic rings. The minimum Gasteiger partial charge on any atom is -0.748 e. The second kappa shape index (κ2) is 3.51. The summed E-state index contributed by atoms with van der Waals surface area (Å²) in [5.74, 6) is -0.248. The maximum Gasteiger partial charge on any atom is 0.0948 e. The number of nitrogens with zero attached hydrogens (tertiary/aromatic N) is 1. The quantitative estimate of drug-likeness (QED) is 0.439. The highest BCUT2D eigenvalue weighted by Crippen LogP contribution is 1.95. The molecule has 0 N–H and O–H groups in total. The van der Waals surface area contributed by atoms with Crippen molar-refractivity contribution in [2.75, 3.05) is 33.4 Å². The van der Waals surface area contributed by atoms with Crippen LogP contribution in [-0.2, 0) is 10.1 Å². The summed E-state index contributed by atoms with van der Waals surface area (Å²) in [6.07, 6.45) is 0.440. The minimum atomic E-state index is -4.01. The van der Waals surface area contributed by atoms with Crippen molar-refractivity contribution in [3.8, 4) is 0 Å². The molecule has 68 valence electrons. The maximum absolute atomic E-state index is 10.2. The summed E-state index contributed by atoms with van der Waals surface area (Å²) in [5.41, 5.74) is 0. The minimum absolute atomic E-state index is 0.248. The van der Waals surface area contributed by atoms with E-state index in [9.17, 15) is 13.0 Å². The summed E-state index contributed by atoms with van der Waals surface area (Å²) >= 11 is 0. The van der Waals surface area contributed by atoms with Crippen LogP contribution in [0.2, 0.25) is 0 Å². The topological polar surface area (TPSA) is 57.2 Å². The van der Waals surface area contributed by atoms with Gasteiger partial charge in [-0.3, -0.25) is 0 Å². The van der Waals surface area contributed by atoms with Crippen molar-refractivity contribution >= 4 is 10.1 Å². The van der Waals surface area contributed by atoms with Crippen molar-refractivity contribution < 1.29 is 17.5 Å². The summed E-state index contributed by atoms with van der Waals surface area (Å²) in [6.45, 7) is 0.710. The molecule has 0 aromatic carbocycles. The van der Waals surface area contributed by atoms with Crippen LogP contribution < -0.4 is 0 Å². The summed E-state index contributed by atoms with van der Waals surface area (Å²) in [5, 5.41) is 0. The van der Waals surface area contributed by atoms with E-state index in [1.54, 1.807) is 0 Å². The van der Waals surface area contributed by atoms with Gasteiger partial charge < -0.3 is 9.04 Å². The molecule has 4 nitrogen and oxygen atoms in total. The third kappa shape index (κ3) is 9.87. The summed E-state index contributed by atoms with van der Waals surface area (Å²) in [4.78, 5) is 0. The normalized spacial score (nSPS) is 13.5. The third-order valence-electron chi connectivity index (χ3n) is 1.22. The Morgan fingerprint density at radius 1 is 1.27 bits per heavy atom. The van der Waals surface area contributed by atoms with E-state index < -0.39 is 10.1 Å². The molecule has 0 saturated heterocycles. The molecular formula is C6H15NO3S. The smallest absolute Gasteiger partial charge is 0.0948 e. The van der Waals surface area contributed by atoms with Gasteiger partial charge >= 0.3 is 0 Å². The molecule has 5 heteroatoms. The molecule has 0 aliphatic carbocycles. The van der Waals surface area contributed by atoms with Gasteiger partial charge in [0.25, 0.3) is 0 Å². The van der Waals surface area contributed by atoms with Gasteiger partial charge in [0.15, 0.2) is 0 Å². The highest BCUT2D eigenvalue weighted by atomic mass is 32.2. The Morgan fingerprint density at radius 3 is 2.00 bits per heavy atom. The van der Waals surface area contributed by atoms with Crippen molar-refractivity contribution in [2.45, 2.75) is 6.42 Å². The number of hydrogen-bond acceptors (Lipinski definition) is 3. The largest absolute Gasteiger partial charge is 0.748 e. The molecule has 0 spiro atoms. The Labute approximate surface area is 68.2 Å². The van der Waals surface area contributed by atoms with E-state index in [1.165, 1.54) is 0 Å². The van der Waals surface area contributed by atoms with Gasteiger partial charge in [0.2, 0.25) is 0 Å². The van der Waals surface area contributed by atoms with Gasteiger partial charge in [0, 0.05) is 12.2 Å². The second-order valence-corrected chi connectivity index (χ2v) is 5.15. The molecule has 11 heavy (non-hydrogen) atoms. The fourth-order valence-corrected chi connectivity index (χ4v) is 1.20. The third-order valence-corrected chi connectivity index (χ3v) is 2.01. The van der Waals surface area contributed by atoms with Crippen LogP contribution in [0.15, 0.2) is 0 Å². The molecule has 0 fully saturated rings. The van der Waals surface area contributed by atoms with Gasteiger partial charge in [-0.25, -0.2) is 8.42 Å². The fourth-order valence-electron chi connectivity index (χ4n) is 0.716. The molecule has 0 rings (SSSR count). The summed E-state index contributed by atoms with van der Waals surface area (Å²) in [6, 6.07) is 0. The van der Waals surface area contributed by atoms with Gasteiger partial charge in [0.1, 0.15) is 0 Å². The Hall–Kier alpha value is -0.130. The van der Waals surface area contributed by atoms with Crippen LogP contribution in [0.4, 0.5) is 0 Å². The standard InChI is InChI=1S/C6H15NO3S/c1-7(2,3)5-4-6-11(8,9)10/h4-6H2,1-3H3. The van der Waals surface area contributed by atoms with Crippen LogP contribution >= 0.6 is 0 Å². The Morgan fingerprint density at radius 2 is 1.73 bits per heavy atom. The van der Waals surface area contributed by atoms with E-state index in [-0.39, 0.29) is 5.75 Å². The van der Waals surface area contributed by atoms with Crippen molar-refractivity contribution in [3.63, 3.8) is 0 Å². The molecule has 0 aromatic heterocycles. The zero-order chi connectivity index (χ0) is 9.12. The lowest BCUT2D eigenvalue weighted by atomic mass is 10.4. The lowest BCUT2D eigenvalue weighted by Gasteiger charge is -2.23.